The van der Waals surface area contributed by atoms with Gasteiger partial charge in [0.05, 0.1) is 12.1 Å². The number of unbranched alkanes of at least 4 members (excludes halogenated alkanes) is 1. The second kappa shape index (κ2) is 7.40. The van der Waals surface area contributed by atoms with E-state index in [1.165, 1.54) is 12.5 Å². The van der Waals surface area contributed by atoms with Crippen LogP contribution in [0.3, 0.4) is 0 Å². The average Bonchev–Trinajstić information content (AvgIpc) is 3.17. The Morgan fingerprint density at radius 3 is 2.91 bits per heavy atom. The van der Waals surface area contributed by atoms with E-state index in [2.05, 4.69) is 4.98 Å². The predicted octanol–water partition coefficient (Wildman–Crippen LogP) is 1.59. The fourth-order valence-electron chi connectivity index (χ4n) is 2.91. The summed E-state index contributed by atoms with van der Waals surface area (Å²) in [7, 11) is 0. The highest BCUT2D eigenvalue weighted by Crippen LogP contribution is 2.33. The van der Waals surface area contributed by atoms with E-state index in [4.69, 9.17) is 9.52 Å². The molecule has 2 heterocycles. The highest BCUT2D eigenvalue weighted by Gasteiger charge is 2.40. The molecule has 0 saturated carbocycles. The van der Waals surface area contributed by atoms with E-state index in [0.717, 1.165) is 19.3 Å². The number of hydrogen-bond donors (Lipinski definition) is 2. The van der Waals surface area contributed by atoms with E-state index in [1.807, 2.05) is 6.92 Å². The van der Waals surface area contributed by atoms with Gasteiger partial charge in [-0.1, -0.05) is 19.8 Å². The number of aliphatic carboxylic acids is 1. The van der Waals surface area contributed by atoms with E-state index < -0.39 is 18.0 Å². The number of nitrogens with zero attached hydrogens (tertiary/aromatic N) is 2. The number of rotatable bonds is 7. The van der Waals surface area contributed by atoms with Crippen molar-refractivity contribution in [1.29, 1.82) is 0 Å². The largest absolute Gasteiger partial charge is 0.479 e. The van der Waals surface area contributed by atoms with Crippen LogP contribution in [0.25, 0.3) is 0 Å². The minimum absolute atomic E-state index is 0.271. The SMILES string of the molecule is CCCCC(C(=O)N1CCCC1c1ncco1)C(O)C(=O)O. The Morgan fingerprint density at radius 2 is 2.32 bits per heavy atom. The molecular formula is C15H22N2O5. The third-order valence-electron chi connectivity index (χ3n) is 4.09. The monoisotopic (exact) mass is 310 g/mol. The molecule has 1 fully saturated rings. The van der Waals surface area contributed by atoms with Crippen LogP contribution >= 0.6 is 0 Å². The maximum absolute atomic E-state index is 12.7. The molecule has 2 N–H and O–H groups in total. The van der Waals surface area contributed by atoms with Crippen molar-refractivity contribution in [2.45, 2.75) is 51.2 Å². The number of aromatic nitrogens is 1. The van der Waals surface area contributed by atoms with Gasteiger partial charge in [0.2, 0.25) is 11.8 Å². The Morgan fingerprint density at radius 1 is 1.55 bits per heavy atom. The van der Waals surface area contributed by atoms with Crippen molar-refractivity contribution in [3.05, 3.63) is 18.4 Å². The normalized spacial score (nSPS) is 20.8. The van der Waals surface area contributed by atoms with Crippen molar-refractivity contribution in [1.82, 2.24) is 9.88 Å². The zero-order chi connectivity index (χ0) is 16.1. The first-order valence-electron chi connectivity index (χ1n) is 7.67. The molecule has 0 spiro atoms. The summed E-state index contributed by atoms with van der Waals surface area (Å²) in [5.74, 6) is -2.15. The van der Waals surface area contributed by atoms with E-state index in [9.17, 15) is 14.7 Å². The third-order valence-corrected chi connectivity index (χ3v) is 4.09. The fourth-order valence-corrected chi connectivity index (χ4v) is 2.91. The van der Waals surface area contributed by atoms with Crippen molar-refractivity contribution in [2.75, 3.05) is 6.54 Å². The topological polar surface area (TPSA) is 104 Å². The molecule has 1 amide bonds. The quantitative estimate of drug-likeness (QED) is 0.792. The summed E-state index contributed by atoms with van der Waals surface area (Å²) in [6, 6.07) is -0.271. The van der Waals surface area contributed by atoms with Crippen LogP contribution in [0.5, 0.6) is 0 Å². The Balaban J connectivity index is 2.16. The first kappa shape index (κ1) is 16.5. The van der Waals surface area contributed by atoms with Crippen LogP contribution in [0.2, 0.25) is 0 Å². The molecule has 7 nitrogen and oxygen atoms in total. The molecule has 1 aliphatic rings. The predicted molar refractivity (Wildman–Crippen MR) is 76.8 cm³/mol. The van der Waals surface area contributed by atoms with Crippen LogP contribution in [0.1, 0.15) is 51.0 Å². The molecule has 1 aliphatic heterocycles. The first-order chi connectivity index (χ1) is 10.6. The molecule has 3 unspecified atom stereocenters. The number of likely N-dealkylation sites (tertiary alicyclic amines) is 1. The number of aliphatic hydroxyl groups is 1. The van der Waals surface area contributed by atoms with Crippen molar-refractivity contribution in [3.8, 4) is 0 Å². The molecule has 0 bridgehead atoms. The van der Waals surface area contributed by atoms with Gasteiger partial charge in [-0.2, -0.15) is 0 Å². The molecule has 7 heteroatoms. The minimum Gasteiger partial charge on any atom is -0.479 e. The van der Waals surface area contributed by atoms with Crippen LogP contribution in [0, 0.1) is 5.92 Å². The summed E-state index contributed by atoms with van der Waals surface area (Å²) in [5.41, 5.74) is 0. The number of carboxylic acid groups (broad SMARTS) is 1. The van der Waals surface area contributed by atoms with Gasteiger partial charge in [-0.05, 0) is 19.3 Å². The molecule has 0 radical (unpaired) electrons. The molecule has 0 aliphatic carbocycles. The standard InChI is InChI=1S/C15H22N2O5/c1-2-3-5-10(12(18)15(20)21)14(19)17-8-4-6-11(17)13-16-7-9-22-13/h7,9-12,18H,2-6,8H2,1H3,(H,20,21). The third kappa shape index (κ3) is 3.47. The number of carboxylic acids is 1. The molecular weight excluding hydrogens is 288 g/mol. The number of amides is 1. The van der Waals surface area contributed by atoms with E-state index in [1.54, 1.807) is 4.90 Å². The second-order valence-corrected chi connectivity index (χ2v) is 5.59. The van der Waals surface area contributed by atoms with E-state index >= 15 is 0 Å². The smallest absolute Gasteiger partial charge is 0.333 e. The lowest BCUT2D eigenvalue weighted by molar-refractivity contribution is -0.157. The molecule has 1 saturated heterocycles. The van der Waals surface area contributed by atoms with Gasteiger partial charge < -0.3 is 19.5 Å². The number of oxazole rings is 1. The average molecular weight is 310 g/mol. The summed E-state index contributed by atoms with van der Waals surface area (Å²) in [4.78, 5) is 29.5. The number of carbonyl (C=O) groups excluding carboxylic acids is 1. The van der Waals surface area contributed by atoms with Crippen LogP contribution in [0.4, 0.5) is 0 Å². The van der Waals surface area contributed by atoms with Crippen molar-refractivity contribution >= 4 is 11.9 Å². The second-order valence-electron chi connectivity index (χ2n) is 5.59. The van der Waals surface area contributed by atoms with Crippen LogP contribution < -0.4 is 0 Å². The number of carbonyl (C=O) groups is 2. The lowest BCUT2D eigenvalue weighted by Gasteiger charge is -2.28. The summed E-state index contributed by atoms with van der Waals surface area (Å²) in [6.45, 7) is 2.49. The summed E-state index contributed by atoms with van der Waals surface area (Å²) in [5, 5.41) is 18.9. The van der Waals surface area contributed by atoms with Gasteiger partial charge in [0.25, 0.3) is 0 Å². The maximum Gasteiger partial charge on any atom is 0.333 e. The molecule has 22 heavy (non-hydrogen) atoms. The fraction of sp³-hybridized carbons (Fsp3) is 0.667. The summed E-state index contributed by atoms with van der Waals surface area (Å²) < 4.78 is 5.28. The van der Waals surface area contributed by atoms with Crippen LogP contribution in [0.15, 0.2) is 16.9 Å². The first-order valence-corrected chi connectivity index (χ1v) is 7.67. The molecule has 122 valence electrons. The number of aliphatic hydroxyl groups excluding tert-OH is 1. The zero-order valence-corrected chi connectivity index (χ0v) is 12.6. The highest BCUT2D eigenvalue weighted by atomic mass is 16.4. The van der Waals surface area contributed by atoms with Crippen LogP contribution in [-0.4, -0.2) is 44.6 Å². The molecule has 2 rings (SSSR count). The summed E-state index contributed by atoms with van der Waals surface area (Å²) >= 11 is 0. The van der Waals surface area contributed by atoms with Gasteiger partial charge >= 0.3 is 5.97 Å². The molecule has 1 aromatic heterocycles. The zero-order valence-electron chi connectivity index (χ0n) is 12.6. The summed E-state index contributed by atoms with van der Waals surface area (Å²) in [6.07, 6.45) is 4.73. The van der Waals surface area contributed by atoms with Crippen molar-refractivity contribution in [3.63, 3.8) is 0 Å². The van der Waals surface area contributed by atoms with Gasteiger partial charge in [0, 0.05) is 6.54 Å². The van der Waals surface area contributed by atoms with E-state index in [0.29, 0.717) is 25.3 Å². The van der Waals surface area contributed by atoms with Gasteiger partial charge in [0.15, 0.2) is 6.10 Å². The van der Waals surface area contributed by atoms with E-state index in [-0.39, 0.29) is 11.9 Å². The Hall–Kier alpha value is -1.89. The lowest BCUT2D eigenvalue weighted by Crippen LogP contribution is -2.43. The Labute approximate surface area is 128 Å². The van der Waals surface area contributed by atoms with Crippen molar-refractivity contribution < 1.29 is 24.2 Å². The number of hydrogen-bond acceptors (Lipinski definition) is 5. The molecule has 3 atom stereocenters. The Kier molecular flexibility index (Phi) is 5.54. The van der Waals surface area contributed by atoms with Gasteiger partial charge in [-0.3, -0.25) is 4.79 Å². The van der Waals surface area contributed by atoms with Gasteiger partial charge in [-0.25, -0.2) is 9.78 Å². The lowest BCUT2D eigenvalue weighted by atomic mass is 9.94. The van der Waals surface area contributed by atoms with Gasteiger partial charge in [0.1, 0.15) is 12.3 Å². The molecule has 1 aromatic rings. The molecule has 0 aromatic carbocycles. The van der Waals surface area contributed by atoms with Gasteiger partial charge in [-0.15, -0.1) is 0 Å². The highest BCUT2D eigenvalue weighted by molar-refractivity contribution is 5.86. The maximum atomic E-state index is 12.7. The minimum atomic E-state index is -1.68. The van der Waals surface area contributed by atoms with Crippen molar-refractivity contribution in [2.24, 2.45) is 5.92 Å². The Bertz CT molecular complexity index is 502. The van der Waals surface area contributed by atoms with Crippen LogP contribution in [-0.2, 0) is 9.59 Å².